The maximum absolute atomic E-state index is 11.8. The number of carbonyl (C=O) groups is 2. The van der Waals surface area contributed by atoms with E-state index in [1.165, 1.54) is 11.6 Å². The Morgan fingerprint density at radius 1 is 1.24 bits per heavy atom. The molecule has 0 radical (unpaired) electrons. The highest BCUT2D eigenvalue weighted by Crippen LogP contribution is 2.09. The van der Waals surface area contributed by atoms with E-state index < -0.39 is 12.0 Å². The van der Waals surface area contributed by atoms with E-state index in [9.17, 15) is 9.59 Å². The molecule has 1 rings (SSSR count). The first-order valence-electron chi connectivity index (χ1n) is 7.28. The summed E-state index contributed by atoms with van der Waals surface area (Å²) >= 11 is 0. The van der Waals surface area contributed by atoms with Gasteiger partial charge in [-0.1, -0.05) is 51.5 Å². The van der Waals surface area contributed by atoms with Gasteiger partial charge in [-0.2, -0.15) is 0 Å². The quantitative estimate of drug-likeness (QED) is 0.758. The molecule has 0 bridgehead atoms. The molecular weight excluding hydrogens is 266 g/mol. The number of nitrogens with one attached hydrogen (secondary N) is 1. The van der Waals surface area contributed by atoms with Gasteiger partial charge in [0.1, 0.15) is 6.04 Å². The molecule has 2 N–H and O–H groups in total. The molecule has 2 atom stereocenters. The highest BCUT2D eigenvalue weighted by atomic mass is 16.4. The number of hydrogen-bond acceptors (Lipinski definition) is 2. The molecule has 21 heavy (non-hydrogen) atoms. The molecule has 1 aromatic rings. The number of amides is 1. The summed E-state index contributed by atoms with van der Waals surface area (Å²) in [6, 6.07) is 7.04. The zero-order valence-electron chi connectivity index (χ0n) is 12.8. The van der Waals surface area contributed by atoms with E-state index in [1.54, 1.807) is 6.08 Å². The molecule has 0 saturated carbocycles. The number of aryl methyl sites for hydroxylation is 1. The van der Waals surface area contributed by atoms with E-state index >= 15 is 0 Å². The molecule has 0 aliphatic rings. The smallest absolute Gasteiger partial charge is 0.326 e. The predicted octanol–water partition coefficient (Wildman–Crippen LogP) is 2.88. The van der Waals surface area contributed by atoms with Gasteiger partial charge in [0.25, 0.3) is 0 Å². The van der Waals surface area contributed by atoms with Gasteiger partial charge in [-0.05, 0) is 29.5 Å². The van der Waals surface area contributed by atoms with Crippen molar-refractivity contribution in [3.63, 3.8) is 0 Å². The van der Waals surface area contributed by atoms with Crippen molar-refractivity contribution in [3.05, 3.63) is 41.5 Å². The third-order valence-electron chi connectivity index (χ3n) is 3.59. The summed E-state index contributed by atoms with van der Waals surface area (Å²) in [5, 5.41) is 11.7. The van der Waals surface area contributed by atoms with Crippen molar-refractivity contribution in [2.24, 2.45) is 5.92 Å². The van der Waals surface area contributed by atoms with E-state index in [-0.39, 0.29) is 11.8 Å². The molecule has 114 valence electrons. The van der Waals surface area contributed by atoms with Crippen LogP contribution in [0.15, 0.2) is 30.3 Å². The van der Waals surface area contributed by atoms with Crippen molar-refractivity contribution in [1.82, 2.24) is 5.32 Å². The molecule has 0 heterocycles. The number of aliphatic carboxylic acids is 1. The standard InChI is InChI=1S/C17H23NO3/c1-4-12(3)16(17(20)21)18-15(19)11-10-14-8-6-13(5-2)7-9-14/h6-12,16H,4-5H2,1-3H3,(H,18,19)(H,20,21)/b11-10+/t12-,16-/m0/s1. The second-order valence-corrected chi connectivity index (χ2v) is 5.14. The zero-order valence-corrected chi connectivity index (χ0v) is 12.8. The van der Waals surface area contributed by atoms with Crippen LogP contribution in [0.3, 0.4) is 0 Å². The summed E-state index contributed by atoms with van der Waals surface area (Å²) < 4.78 is 0. The van der Waals surface area contributed by atoms with Crippen molar-refractivity contribution in [2.45, 2.75) is 39.7 Å². The van der Waals surface area contributed by atoms with Gasteiger partial charge in [-0.25, -0.2) is 4.79 Å². The van der Waals surface area contributed by atoms with Crippen LogP contribution >= 0.6 is 0 Å². The van der Waals surface area contributed by atoms with Crippen LogP contribution in [0.4, 0.5) is 0 Å². The summed E-state index contributed by atoms with van der Waals surface area (Å²) in [4.78, 5) is 23.0. The van der Waals surface area contributed by atoms with Gasteiger partial charge in [-0.15, -0.1) is 0 Å². The molecular formula is C17H23NO3. The summed E-state index contributed by atoms with van der Waals surface area (Å²) in [5.41, 5.74) is 2.15. The number of carboxylic acids is 1. The lowest BCUT2D eigenvalue weighted by Crippen LogP contribution is -2.44. The average Bonchev–Trinajstić information content (AvgIpc) is 2.50. The molecule has 0 aliphatic carbocycles. The molecule has 0 aromatic heterocycles. The lowest BCUT2D eigenvalue weighted by molar-refractivity contribution is -0.142. The van der Waals surface area contributed by atoms with Gasteiger partial charge in [-0.3, -0.25) is 4.79 Å². The molecule has 1 aromatic carbocycles. The fourth-order valence-corrected chi connectivity index (χ4v) is 1.92. The van der Waals surface area contributed by atoms with E-state index in [0.29, 0.717) is 6.42 Å². The van der Waals surface area contributed by atoms with Crippen molar-refractivity contribution >= 4 is 18.0 Å². The number of benzene rings is 1. The Balaban J connectivity index is 2.66. The van der Waals surface area contributed by atoms with Crippen molar-refractivity contribution in [3.8, 4) is 0 Å². The van der Waals surface area contributed by atoms with Gasteiger partial charge in [0.2, 0.25) is 5.91 Å². The van der Waals surface area contributed by atoms with Crippen LogP contribution in [0.1, 0.15) is 38.3 Å². The average molecular weight is 289 g/mol. The predicted molar refractivity (Wildman–Crippen MR) is 83.9 cm³/mol. The van der Waals surface area contributed by atoms with Crippen LogP contribution in [0.5, 0.6) is 0 Å². The van der Waals surface area contributed by atoms with Crippen LogP contribution in [-0.2, 0) is 16.0 Å². The zero-order chi connectivity index (χ0) is 15.8. The normalized spacial score (nSPS) is 13.9. The Labute approximate surface area is 125 Å². The molecule has 0 saturated heterocycles. The van der Waals surface area contributed by atoms with E-state index in [2.05, 4.69) is 12.2 Å². The number of rotatable bonds is 7. The Morgan fingerprint density at radius 2 is 1.86 bits per heavy atom. The number of carboxylic acid groups (broad SMARTS) is 1. The third kappa shape index (κ3) is 5.42. The van der Waals surface area contributed by atoms with Gasteiger partial charge < -0.3 is 10.4 Å². The van der Waals surface area contributed by atoms with E-state index in [1.807, 2.05) is 38.1 Å². The van der Waals surface area contributed by atoms with Crippen LogP contribution in [0.25, 0.3) is 6.08 Å². The largest absolute Gasteiger partial charge is 0.480 e. The van der Waals surface area contributed by atoms with Crippen molar-refractivity contribution < 1.29 is 14.7 Å². The summed E-state index contributed by atoms with van der Waals surface area (Å²) in [6.07, 6.45) is 4.72. The minimum absolute atomic E-state index is 0.108. The molecule has 0 spiro atoms. The van der Waals surface area contributed by atoms with Crippen molar-refractivity contribution in [1.29, 1.82) is 0 Å². The summed E-state index contributed by atoms with van der Waals surface area (Å²) in [6.45, 7) is 5.80. The second-order valence-electron chi connectivity index (χ2n) is 5.14. The molecule has 4 heteroatoms. The van der Waals surface area contributed by atoms with Crippen LogP contribution in [-0.4, -0.2) is 23.0 Å². The molecule has 0 fully saturated rings. The maximum atomic E-state index is 11.8. The monoisotopic (exact) mass is 289 g/mol. The van der Waals surface area contributed by atoms with Crippen molar-refractivity contribution in [2.75, 3.05) is 0 Å². The van der Waals surface area contributed by atoms with Gasteiger partial charge in [0, 0.05) is 6.08 Å². The maximum Gasteiger partial charge on any atom is 0.326 e. The second kappa shape index (κ2) is 8.25. The Bertz CT molecular complexity index is 505. The van der Waals surface area contributed by atoms with Gasteiger partial charge >= 0.3 is 5.97 Å². The molecule has 0 aliphatic heterocycles. The van der Waals surface area contributed by atoms with Crippen LogP contribution in [0.2, 0.25) is 0 Å². The van der Waals surface area contributed by atoms with Crippen LogP contribution in [0, 0.1) is 5.92 Å². The van der Waals surface area contributed by atoms with Crippen LogP contribution < -0.4 is 5.32 Å². The number of hydrogen-bond donors (Lipinski definition) is 2. The van der Waals surface area contributed by atoms with Gasteiger partial charge in [0.15, 0.2) is 0 Å². The first-order valence-corrected chi connectivity index (χ1v) is 7.28. The highest BCUT2D eigenvalue weighted by Gasteiger charge is 2.24. The summed E-state index contributed by atoms with van der Waals surface area (Å²) in [7, 11) is 0. The molecule has 1 amide bonds. The number of carbonyl (C=O) groups excluding carboxylic acids is 1. The minimum Gasteiger partial charge on any atom is -0.480 e. The SMILES string of the molecule is CCc1ccc(/C=C/C(=O)N[C@H](C(=O)O)[C@@H](C)CC)cc1. The lowest BCUT2D eigenvalue weighted by atomic mass is 9.99. The summed E-state index contributed by atoms with van der Waals surface area (Å²) in [5.74, 6) is -1.50. The molecule has 4 nitrogen and oxygen atoms in total. The Kier molecular flexibility index (Phi) is 6.66. The fourth-order valence-electron chi connectivity index (χ4n) is 1.92. The van der Waals surface area contributed by atoms with Gasteiger partial charge in [0.05, 0.1) is 0 Å². The molecule has 0 unspecified atom stereocenters. The Morgan fingerprint density at radius 3 is 2.33 bits per heavy atom. The highest BCUT2D eigenvalue weighted by molar-refractivity contribution is 5.94. The van der Waals surface area contributed by atoms with E-state index in [0.717, 1.165) is 12.0 Å². The first-order chi connectivity index (χ1) is 9.97. The lowest BCUT2D eigenvalue weighted by Gasteiger charge is -2.19. The minimum atomic E-state index is -1.00. The fraction of sp³-hybridized carbons (Fsp3) is 0.412. The Hall–Kier alpha value is -2.10. The first kappa shape index (κ1) is 17.0. The third-order valence-corrected chi connectivity index (χ3v) is 3.59. The van der Waals surface area contributed by atoms with E-state index in [4.69, 9.17) is 5.11 Å². The topological polar surface area (TPSA) is 66.4 Å².